The predicted octanol–water partition coefficient (Wildman–Crippen LogP) is 13.5. The van der Waals surface area contributed by atoms with Gasteiger partial charge in [0.2, 0.25) is 20.0 Å². The molecule has 6 aromatic rings. The van der Waals surface area contributed by atoms with Crippen molar-refractivity contribution in [3.8, 4) is 0 Å². The summed E-state index contributed by atoms with van der Waals surface area (Å²) in [5.41, 5.74) is 3.26. The van der Waals surface area contributed by atoms with Crippen molar-refractivity contribution in [2.24, 2.45) is 0 Å². The summed E-state index contributed by atoms with van der Waals surface area (Å²) in [5, 5.41) is 1.35. The summed E-state index contributed by atoms with van der Waals surface area (Å²) in [6.45, 7) is 11.7. The van der Waals surface area contributed by atoms with Crippen LogP contribution in [0.5, 0.6) is 0 Å². The van der Waals surface area contributed by atoms with Crippen LogP contribution in [0.4, 0.5) is 11.6 Å². The molecule has 20 heteroatoms. The maximum absolute atomic E-state index is 14.2. The van der Waals surface area contributed by atoms with Crippen LogP contribution >= 0.6 is 46.4 Å². The Morgan fingerprint density at radius 1 is 0.537 bits per heavy atom. The number of nitrogens with zero attached hydrogens (tertiary/aromatic N) is 6. The molecule has 2 aliphatic carbocycles. The molecular formula is C62H66Cl4N6O8S2. The molecule has 2 amide bonds. The van der Waals surface area contributed by atoms with E-state index in [2.05, 4.69) is 23.1 Å². The summed E-state index contributed by atoms with van der Waals surface area (Å²) in [7, 11) is -7.35. The molecule has 4 heterocycles. The average molecular weight is 1230 g/mol. The molecule has 0 bridgehead atoms. The van der Waals surface area contributed by atoms with Crippen molar-refractivity contribution in [3.63, 3.8) is 0 Å². The first kappa shape index (κ1) is 60.8. The number of rotatable bonds is 22. The van der Waals surface area contributed by atoms with Gasteiger partial charge in [0.25, 0.3) is 11.8 Å². The number of amides is 2. The van der Waals surface area contributed by atoms with Gasteiger partial charge in [-0.1, -0.05) is 133 Å². The van der Waals surface area contributed by atoms with Crippen molar-refractivity contribution in [1.29, 1.82) is 0 Å². The molecule has 4 aromatic carbocycles. The second-order valence-corrected chi connectivity index (χ2v) is 26.8. The van der Waals surface area contributed by atoms with Crippen molar-refractivity contribution < 1.29 is 35.9 Å². The molecule has 0 spiro atoms. The zero-order valence-electron chi connectivity index (χ0n) is 45.5. The van der Waals surface area contributed by atoms with E-state index < -0.39 is 79.1 Å². The highest BCUT2D eigenvalue weighted by Crippen LogP contribution is 2.48. The monoisotopic (exact) mass is 1230 g/mol. The molecule has 0 N–H and O–H groups in total. The maximum Gasteiger partial charge on any atom is 0.252 e. The van der Waals surface area contributed by atoms with Crippen molar-refractivity contribution >= 4 is 89.9 Å². The summed E-state index contributed by atoms with van der Waals surface area (Å²) >= 11 is 25.3. The van der Waals surface area contributed by atoms with Crippen molar-refractivity contribution in [2.45, 2.75) is 124 Å². The van der Waals surface area contributed by atoms with Gasteiger partial charge in [0.05, 0.1) is 47.8 Å². The van der Waals surface area contributed by atoms with Gasteiger partial charge >= 0.3 is 0 Å². The molecule has 10 rings (SSSR count). The number of morpholine rings is 2. The van der Waals surface area contributed by atoms with Crippen LogP contribution in [0.3, 0.4) is 0 Å². The predicted molar refractivity (Wildman–Crippen MR) is 325 cm³/mol. The SMILES string of the molecule is C=CC[C@@H]1O[C@H](c2cccc(Cl)c2)[C@@H](c2ccc(Cl)cc2)N([C@@H](CC)CN(c2ccccn2)S(=O)(=O)C2CC2)C1=O.C=CC[C@H]1O[C@H](c2cccc(Cl)c2)[C@@H](c2ccc(Cl)cc2)N([C@@H](CC)CN(c2ccccn2)S(=O)(=O)C2CC2)C1=O. The third-order valence-corrected chi connectivity index (χ3v) is 20.7. The third kappa shape index (κ3) is 13.7. The number of hydrogen-bond acceptors (Lipinski definition) is 10. The summed E-state index contributed by atoms with van der Waals surface area (Å²) in [5.74, 6) is 0.241. The number of carbonyl (C=O) groups is 2. The van der Waals surface area contributed by atoms with Gasteiger partial charge in [-0.15, -0.1) is 13.2 Å². The van der Waals surface area contributed by atoms with Crippen LogP contribution in [0.1, 0.15) is 112 Å². The van der Waals surface area contributed by atoms with E-state index in [1.54, 1.807) is 97.3 Å². The fraction of sp³-hybridized carbons (Fsp3) is 0.355. The van der Waals surface area contributed by atoms with E-state index in [1.807, 2.05) is 84.3 Å². The molecular weight excluding hydrogens is 1160 g/mol. The average Bonchev–Trinajstić information content (AvgIpc) is 3.22. The molecule has 2 aliphatic heterocycles. The summed E-state index contributed by atoms with van der Waals surface area (Å²) in [6, 6.07) is 37.8. The Hall–Kier alpha value is -5.82. The molecule has 2 aromatic heterocycles. The number of ether oxygens (including phenoxy) is 2. The first-order valence-electron chi connectivity index (χ1n) is 27.5. The van der Waals surface area contributed by atoms with E-state index in [0.29, 0.717) is 83.1 Å². The highest BCUT2D eigenvalue weighted by Gasteiger charge is 2.50. The normalized spacial score (nSPS) is 21.9. The lowest BCUT2D eigenvalue weighted by Gasteiger charge is -2.48. The highest BCUT2D eigenvalue weighted by molar-refractivity contribution is 7.94. The van der Waals surface area contributed by atoms with Crippen molar-refractivity contribution in [3.05, 3.63) is 214 Å². The van der Waals surface area contributed by atoms with Gasteiger partial charge in [0.15, 0.2) is 0 Å². The molecule has 2 saturated carbocycles. The van der Waals surface area contributed by atoms with Crippen LogP contribution in [-0.2, 0) is 39.1 Å². The van der Waals surface area contributed by atoms with Gasteiger partial charge in [-0.05, 0) is 134 Å². The Labute approximate surface area is 501 Å². The number of hydrogen-bond donors (Lipinski definition) is 0. The second-order valence-electron chi connectivity index (χ2n) is 20.8. The van der Waals surface area contributed by atoms with Gasteiger partial charge in [-0.2, -0.15) is 0 Å². The van der Waals surface area contributed by atoms with E-state index in [1.165, 1.54) is 8.61 Å². The van der Waals surface area contributed by atoms with Crippen LogP contribution < -0.4 is 8.61 Å². The smallest absolute Gasteiger partial charge is 0.252 e. The number of benzene rings is 4. The topological polar surface area (TPSA) is 160 Å². The second kappa shape index (κ2) is 26.8. The number of aromatic nitrogens is 2. The first-order valence-corrected chi connectivity index (χ1v) is 32.0. The summed E-state index contributed by atoms with van der Waals surface area (Å²) in [6.07, 6.45) is 7.83. The minimum absolute atomic E-state index is 0.0608. The van der Waals surface area contributed by atoms with E-state index in [0.717, 1.165) is 22.3 Å². The molecule has 0 radical (unpaired) electrons. The molecule has 432 valence electrons. The molecule has 2 saturated heterocycles. The molecule has 82 heavy (non-hydrogen) atoms. The summed E-state index contributed by atoms with van der Waals surface area (Å²) < 4.78 is 70.6. The first-order chi connectivity index (χ1) is 39.5. The Morgan fingerprint density at radius 2 is 0.915 bits per heavy atom. The lowest BCUT2D eigenvalue weighted by Crippen LogP contribution is -2.57. The molecule has 14 nitrogen and oxygen atoms in total. The zero-order chi connectivity index (χ0) is 58.3. The van der Waals surface area contributed by atoms with Gasteiger partial charge in [0, 0.05) is 45.3 Å². The molecule has 4 fully saturated rings. The van der Waals surface area contributed by atoms with Gasteiger partial charge < -0.3 is 19.3 Å². The largest absolute Gasteiger partial charge is 0.358 e. The van der Waals surface area contributed by atoms with Crippen LogP contribution in [0.2, 0.25) is 20.1 Å². The quantitative estimate of drug-likeness (QED) is 0.0599. The fourth-order valence-corrected chi connectivity index (χ4v) is 15.1. The lowest BCUT2D eigenvalue weighted by molar-refractivity contribution is -0.179. The van der Waals surface area contributed by atoms with Gasteiger partial charge in [-0.25, -0.2) is 26.8 Å². The van der Waals surface area contributed by atoms with E-state index in [4.69, 9.17) is 55.9 Å². The highest BCUT2D eigenvalue weighted by atomic mass is 35.5. The van der Waals surface area contributed by atoms with Crippen LogP contribution in [0.15, 0.2) is 171 Å². The van der Waals surface area contributed by atoms with E-state index in [9.17, 15) is 26.4 Å². The number of halogens is 4. The Bertz CT molecular complexity index is 3190. The number of anilines is 2. The number of carbonyl (C=O) groups excluding carboxylic acids is 2. The molecule has 4 aliphatic rings. The van der Waals surface area contributed by atoms with E-state index in [-0.39, 0.29) is 24.9 Å². The van der Waals surface area contributed by atoms with Crippen molar-refractivity contribution in [2.75, 3.05) is 21.7 Å². The third-order valence-electron chi connectivity index (χ3n) is 15.2. The molecule has 0 unspecified atom stereocenters. The minimum atomic E-state index is -3.67. The van der Waals surface area contributed by atoms with E-state index >= 15 is 0 Å². The Balaban J connectivity index is 0.000000198. The minimum Gasteiger partial charge on any atom is -0.358 e. The Morgan fingerprint density at radius 3 is 1.22 bits per heavy atom. The maximum atomic E-state index is 14.2. The number of sulfonamides is 2. The van der Waals surface area contributed by atoms with Crippen molar-refractivity contribution in [1.82, 2.24) is 19.8 Å². The van der Waals surface area contributed by atoms with Gasteiger partial charge in [0.1, 0.15) is 36.1 Å². The lowest BCUT2D eigenvalue weighted by atomic mass is 9.89. The fourth-order valence-electron chi connectivity index (χ4n) is 10.8. The number of pyridine rings is 2. The zero-order valence-corrected chi connectivity index (χ0v) is 50.2. The molecule has 8 atom stereocenters. The van der Waals surface area contributed by atoms with Crippen LogP contribution in [0, 0.1) is 0 Å². The summed E-state index contributed by atoms with van der Waals surface area (Å²) in [4.78, 5) is 40.9. The van der Waals surface area contributed by atoms with Gasteiger partial charge in [-0.3, -0.25) is 18.2 Å². The van der Waals surface area contributed by atoms with Crippen LogP contribution in [0.25, 0.3) is 0 Å². The standard InChI is InChI=1S/2C31H33Cl2N3O4S/c2*1-3-8-27-31(37)36(25(4-2)20-35(28-11-5-6-18-34-28)41(38,39)26-16-17-26)29(21-12-14-23(32)15-13-21)30(40-27)22-9-7-10-24(33)19-22/h2*3,5-7,9-15,18-19,25-27,29-30H,1,4,8,16-17,20H2,2H3/t25-,27+,29+,30+;25-,27-,29+,30+/m00/s1. The Kier molecular flexibility index (Phi) is 19.9. The van der Waals surface area contributed by atoms with Crippen LogP contribution in [-0.4, -0.2) is 96.3 Å².